The van der Waals surface area contributed by atoms with Crippen molar-refractivity contribution in [2.45, 2.75) is 25.4 Å². The van der Waals surface area contributed by atoms with Crippen molar-refractivity contribution in [1.82, 2.24) is 4.90 Å². The van der Waals surface area contributed by atoms with Gasteiger partial charge in [-0.3, -0.25) is 4.79 Å². The molecular formula is C13H18N2O2. The second kappa shape index (κ2) is 4.75. The van der Waals surface area contributed by atoms with E-state index in [9.17, 15) is 4.79 Å². The van der Waals surface area contributed by atoms with E-state index in [0.29, 0.717) is 13.0 Å². The Hall–Kier alpha value is -1.55. The number of nitrogens with two attached hydrogens (primary N) is 1. The highest BCUT2D eigenvalue weighted by Gasteiger charge is 2.36. The lowest BCUT2D eigenvalue weighted by atomic mass is 10.0. The molecule has 2 atom stereocenters. The molecule has 2 N–H and O–H groups in total. The van der Waals surface area contributed by atoms with Gasteiger partial charge >= 0.3 is 0 Å². The second-order valence-corrected chi connectivity index (χ2v) is 4.32. The van der Waals surface area contributed by atoms with Crippen LogP contribution in [-0.4, -0.2) is 30.5 Å². The molecule has 17 heavy (non-hydrogen) atoms. The monoisotopic (exact) mass is 234 g/mol. The van der Waals surface area contributed by atoms with Gasteiger partial charge < -0.3 is 15.4 Å². The highest BCUT2D eigenvalue weighted by Crippen LogP contribution is 2.32. The Kier molecular flexibility index (Phi) is 3.33. The fraction of sp³-hybridized carbons (Fsp3) is 0.462. The molecule has 4 heteroatoms. The molecule has 1 aliphatic rings. The molecule has 0 aliphatic carbocycles. The first-order valence-corrected chi connectivity index (χ1v) is 5.87. The van der Waals surface area contributed by atoms with Gasteiger partial charge in [-0.2, -0.15) is 0 Å². The van der Waals surface area contributed by atoms with E-state index in [1.807, 2.05) is 31.2 Å². The van der Waals surface area contributed by atoms with E-state index in [-0.39, 0.29) is 18.0 Å². The number of rotatable bonds is 3. The molecule has 1 aromatic rings. The fourth-order valence-corrected chi connectivity index (χ4v) is 2.33. The van der Waals surface area contributed by atoms with E-state index < -0.39 is 0 Å². The summed E-state index contributed by atoms with van der Waals surface area (Å²) in [4.78, 5) is 13.3. The Morgan fingerprint density at radius 2 is 2.29 bits per heavy atom. The van der Waals surface area contributed by atoms with E-state index in [0.717, 1.165) is 11.3 Å². The molecule has 1 heterocycles. The first-order valence-electron chi connectivity index (χ1n) is 5.87. The van der Waals surface area contributed by atoms with Gasteiger partial charge in [-0.05, 0) is 24.6 Å². The van der Waals surface area contributed by atoms with Gasteiger partial charge in [0.1, 0.15) is 5.75 Å². The number of carbonyl (C=O) groups excluding carboxylic acids is 1. The van der Waals surface area contributed by atoms with Crippen LogP contribution in [-0.2, 0) is 4.79 Å². The lowest BCUT2D eigenvalue weighted by Crippen LogP contribution is -2.30. The fourth-order valence-electron chi connectivity index (χ4n) is 2.33. The van der Waals surface area contributed by atoms with Gasteiger partial charge in [0, 0.05) is 19.5 Å². The summed E-state index contributed by atoms with van der Waals surface area (Å²) in [6, 6.07) is 7.62. The first-order chi connectivity index (χ1) is 8.13. The minimum absolute atomic E-state index is 0.0390. The Morgan fingerprint density at radius 1 is 1.53 bits per heavy atom. The Bertz CT molecular complexity index is 420. The number of likely N-dealkylation sites (tertiary alicyclic amines) is 1. The zero-order valence-electron chi connectivity index (χ0n) is 10.2. The number of hydrogen-bond acceptors (Lipinski definition) is 3. The summed E-state index contributed by atoms with van der Waals surface area (Å²) in [5, 5.41) is 0. The predicted molar refractivity (Wildman–Crippen MR) is 65.7 cm³/mol. The third-order valence-corrected chi connectivity index (χ3v) is 3.14. The molecule has 4 nitrogen and oxygen atoms in total. The molecule has 2 unspecified atom stereocenters. The molecule has 1 amide bonds. The molecule has 1 aromatic carbocycles. The molecule has 2 rings (SSSR count). The Morgan fingerprint density at radius 3 is 2.88 bits per heavy atom. The second-order valence-electron chi connectivity index (χ2n) is 4.32. The zero-order chi connectivity index (χ0) is 12.4. The summed E-state index contributed by atoms with van der Waals surface area (Å²) in [5.41, 5.74) is 7.05. The van der Waals surface area contributed by atoms with Gasteiger partial charge in [-0.25, -0.2) is 0 Å². The number of benzene rings is 1. The molecule has 1 saturated heterocycles. The number of nitrogens with zero attached hydrogens (tertiary/aromatic N) is 1. The van der Waals surface area contributed by atoms with E-state index >= 15 is 0 Å². The minimum Gasteiger partial charge on any atom is -0.494 e. The number of hydrogen-bond donors (Lipinski definition) is 1. The third-order valence-electron chi connectivity index (χ3n) is 3.14. The van der Waals surface area contributed by atoms with Crippen LogP contribution >= 0.6 is 0 Å². The molecule has 0 bridgehead atoms. The summed E-state index contributed by atoms with van der Waals surface area (Å²) in [6.07, 6.45) is 0.417. The van der Waals surface area contributed by atoms with Crippen LogP contribution in [0.5, 0.6) is 5.75 Å². The maximum absolute atomic E-state index is 11.6. The van der Waals surface area contributed by atoms with E-state index in [1.165, 1.54) is 0 Å². The van der Waals surface area contributed by atoms with E-state index in [2.05, 4.69) is 0 Å². The van der Waals surface area contributed by atoms with Crippen LogP contribution in [0.25, 0.3) is 0 Å². The number of carbonyl (C=O) groups is 1. The van der Waals surface area contributed by atoms with Gasteiger partial charge in [-0.15, -0.1) is 0 Å². The molecule has 1 fully saturated rings. The third kappa shape index (κ3) is 2.26. The highest BCUT2D eigenvalue weighted by atomic mass is 16.5. The van der Waals surface area contributed by atoms with E-state index in [4.69, 9.17) is 10.5 Å². The van der Waals surface area contributed by atoms with Crippen molar-refractivity contribution in [3.63, 3.8) is 0 Å². The van der Waals surface area contributed by atoms with Crippen LogP contribution in [0.15, 0.2) is 24.3 Å². The SMILES string of the molecule is CCOc1cccc(C2C(N)CC(=O)N2C)c1. The summed E-state index contributed by atoms with van der Waals surface area (Å²) >= 11 is 0. The van der Waals surface area contributed by atoms with Gasteiger partial charge in [0.2, 0.25) is 5.91 Å². The summed E-state index contributed by atoms with van der Waals surface area (Å²) in [6.45, 7) is 2.58. The van der Waals surface area contributed by atoms with Crippen molar-refractivity contribution < 1.29 is 9.53 Å². The van der Waals surface area contributed by atoms with Crippen molar-refractivity contribution in [2.24, 2.45) is 5.73 Å². The normalized spacial score (nSPS) is 24.2. The van der Waals surface area contributed by atoms with Crippen LogP contribution in [0, 0.1) is 0 Å². The van der Waals surface area contributed by atoms with Crippen molar-refractivity contribution in [3.8, 4) is 5.75 Å². The van der Waals surface area contributed by atoms with Crippen LogP contribution in [0.2, 0.25) is 0 Å². The van der Waals surface area contributed by atoms with Crippen LogP contribution < -0.4 is 10.5 Å². The molecule has 1 aliphatic heterocycles. The lowest BCUT2D eigenvalue weighted by Gasteiger charge is -2.23. The van der Waals surface area contributed by atoms with Crippen LogP contribution in [0.4, 0.5) is 0 Å². The zero-order valence-corrected chi connectivity index (χ0v) is 10.2. The van der Waals surface area contributed by atoms with Crippen molar-refractivity contribution in [1.29, 1.82) is 0 Å². The maximum atomic E-state index is 11.6. The van der Waals surface area contributed by atoms with Crippen molar-refractivity contribution in [2.75, 3.05) is 13.7 Å². The highest BCUT2D eigenvalue weighted by molar-refractivity contribution is 5.80. The average molecular weight is 234 g/mol. The molecule has 0 radical (unpaired) electrons. The molecule has 0 saturated carbocycles. The summed E-state index contributed by atoms with van der Waals surface area (Å²) in [5.74, 6) is 0.925. The maximum Gasteiger partial charge on any atom is 0.224 e. The summed E-state index contributed by atoms with van der Waals surface area (Å²) in [7, 11) is 1.80. The molecular weight excluding hydrogens is 216 g/mol. The molecule has 0 spiro atoms. The Labute approximate surface area is 101 Å². The summed E-state index contributed by atoms with van der Waals surface area (Å²) < 4.78 is 5.46. The topological polar surface area (TPSA) is 55.6 Å². The predicted octanol–water partition coefficient (Wildman–Crippen LogP) is 1.32. The smallest absolute Gasteiger partial charge is 0.224 e. The molecule has 0 aromatic heterocycles. The Balaban J connectivity index is 2.27. The van der Waals surface area contributed by atoms with Gasteiger partial charge in [0.05, 0.1) is 12.6 Å². The minimum atomic E-state index is -0.135. The van der Waals surface area contributed by atoms with Gasteiger partial charge in [0.25, 0.3) is 0 Å². The quantitative estimate of drug-likeness (QED) is 0.858. The number of amides is 1. The van der Waals surface area contributed by atoms with Gasteiger partial charge in [0.15, 0.2) is 0 Å². The average Bonchev–Trinajstić information content (AvgIpc) is 2.54. The van der Waals surface area contributed by atoms with Crippen LogP contribution in [0.3, 0.4) is 0 Å². The van der Waals surface area contributed by atoms with Crippen molar-refractivity contribution >= 4 is 5.91 Å². The van der Waals surface area contributed by atoms with E-state index in [1.54, 1.807) is 11.9 Å². The van der Waals surface area contributed by atoms with Crippen molar-refractivity contribution in [3.05, 3.63) is 29.8 Å². The molecule has 92 valence electrons. The number of likely N-dealkylation sites (N-methyl/N-ethyl adjacent to an activating group) is 1. The standard InChI is InChI=1S/C13H18N2O2/c1-3-17-10-6-4-5-9(7-10)13-11(14)8-12(16)15(13)2/h4-7,11,13H,3,8,14H2,1-2H3. The number of ether oxygens (including phenoxy) is 1. The van der Waals surface area contributed by atoms with Crippen LogP contribution in [0.1, 0.15) is 24.9 Å². The lowest BCUT2D eigenvalue weighted by molar-refractivity contribution is -0.127. The van der Waals surface area contributed by atoms with Gasteiger partial charge in [-0.1, -0.05) is 12.1 Å². The largest absolute Gasteiger partial charge is 0.494 e. The first kappa shape index (κ1) is 11.9.